The van der Waals surface area contributed by atoms with Gasteiger partial charge in [0.05, 0.1) is 18.1 Å². The van der Waals surface area contributed by atoms with Gasteiger partial charge in [0.25, 0.3) is 5.91 Å². The van der Waals surface area contributed by atoms with E-state index in [-0.39, 0.29) is 36.2 Å². The number of aromatic nitrogens is 2. The Morgan fingerprint density at radius 3 is 2.92 bits per heavy atom. The maximum absolute atomic E-state index is 12.5. The van der Waals surface area contributed by atoms with Crippen LogP contribution in [-0.2, 0) is 11.3 Å². The largest absolute Gasteiger partial charge is 0.495 e. The Kier molecular flexibility index (Phi) is 6.54. The van der Waals surface area contributed by atoms with E-state index in [1.54, 1.807) is 19.3 Å². The number of anilines is 1. The molecule has 1 heterocycles. The molecule has 132 valence electrons. The quantitative estimate of drug-likeness (QED) is 0.560. The molecule has 1 saturated carbocycles. The molecule has 1 aliphatic rings. The number of hydrogen-bond donors (Lipinski definition) is 3. The van der Waals surface area contributed by atoms with E-state index in [2.05, 4.69) is 15.3 Å². The molecule has 1 fully saturated rings. The summed E-state index contributed by atoms with van der Waals surface area (Å²) in [7, 11) is 0. The van der Waals surface area contributed by atoms with Crippen LogP contribution in [0.25, 0.3) is 0 Å². The van der Waals surface area contributed by atoms with Crippen molar-refractivity contribution in [1.82, 2.24) is 15.3 Å². The van der Waals surface area contributed by atoms with E-state index >= 15 is 0 Å². The lowest BCUT2D eigenvalue weighted by Gasteiger charge is -2.17. The van der Waals surface area contributed by atoms with Gasteiger partial charge < -0.3 is 20.9 Å². The molecular weight excluding hydrogens is 308 g/mol. The van der Waals surface area contributed by atoms with Gasteiger partial charge in [-0.15, -0.1) is 0 Å². The second kappa shape index (κ2) is 8.63. The topological polar surface area (TPSA) is 110 Å². The van der Waals surface area contributed by atoms with Crippen LogP contribution < -0.4 is 11.1 Å². The number of carbonyl (C=O) groups is 1. The fraction of sp³-hybridized carbons (Fsp3) is 0.588. The zero-order valence-electron chi connectivity index (χ0n) is 14.3. The Morgan fingerprint density at radius 2 is 2.17 bits per heavy atom. The zero-order chi connectivity index (χ0) is 17.5. The molecule has 2 atom stereocenters. The van der Waals surface area contributed by atoms with Crippen molar-refractivity contribution in [3.8, 4) is 0 Å². The van der Waals surface area contributed by atoms with Crippen molar-refractivity contribution >= 4 is 11.7 Å². The number of amides is 1. The first kappa shape index (κ1) is 18.2. The average Bonchev–Trinajstić information content (AvgIpc) is 2.75. The first-order valence-corrected chi connectivity index (χ1v) is 8.36. The predicted octanol–water partition coefficient (Wildman–Crippen LogP) is 1.84. The molecule has 2 unspecified atom stereocenters. The predicted molar refractivity (Wildman–Crippen MR) is 91.1 cm³/mol. The summed E-state index contributed by atoms with van der Waals surface area (Å²) in [5.74, 6) is -0.212. The van der Waals surface area contributed by atoms with Gasteiger partial charge in [-0.3, -0.25) is 4.79 Å². The number of allylic oxidation sites excluding steroid dienone is 1. The molecule has 7 heteroatoms. The number of ether oxygens (including phenoxy) is 1. The number of nitrogen functional groups attached to an aromatic ring is 1. The highest BCUT2D eigenvalue weighted by Crippen LogP contribution is 2.19. The molecule has 4 N–H and O–H groups in total. The molecule has 24 heavy (non-hydrogen) atoms. The molecule has 2 rings (SSSR count). The Balaban J connectivity index is 2.04. The summed E-state index contributed by atoms with van der Waals surface area (Å²) >= 11 is 0. The van der Waals surface area contributed by atoms with Crippen LogP contribution in [0.2, 0.25) is 0 Å². The number of aliphatic hydroxyl groups excluding tert-OH is 1. The molecular formula is C17H26N4O3. The monoisotopic (exact) mass is 334 g/mol. The van der Waals surface area contributed by atoms with Crippen molar-refractivity contribution in [2.45, 2.75) is 64.7 Å². The fourth-order valence-corrected chi connectivity index (χ4v) is 2.78. The van der Waals surface area contributed by atoms with Gasteiger partial charge in [0.15, 0.2) is 11.5 Å². The smallest absolute Gasteiger partial charge is 0.273 e. The van der Waals surface area contributed by atoms with Crippen LogP contribution in [0.4, 0.5) is 5.82 Å². The Labute approximate surface area is 142 Å². The van der Waals surface area contributed by atoms with Crippen LogP contribution in [0.15, 0.2) is 12.3 Å². The van der Waals surface area contributed by atoms with Crippen molar-refractivity contribution in [2.24, 2.45) is 0 Å². The van der Waals surface area contributed by atoms with E-state index in [4.69, 9.17) is 10.5 Å². The van der Waals surface area contributed by atoms with Crippen LogP contribution in [0, 0.1) is 6.92 Å². The van der Waals surface area contributed by atoms with Gasteiger partial charge in [-0.2, -0.15) is 0 Å². The van der Waals surface area contributed by atoms with Crippen molar-refractivity contribution in [1.29, 1.82) is 0 Å². The maximum Gasteiger partial charge on any atom is 0.273 e. The summed E-state index contributed by atoms with van der Waals surface area (Å²) in [4.78, 5) is 21.0. The first-order valence-electron chi connectivity index (χ1n) is 8.36. The highest BCUT2D eigenvalue weighted by Gasteiger charge is 2.22. The van der Waals surface area contributed by atoms with Gasteiger partial charge in [-0.05, 0) is 46.0 Å². The molecule has 0 aromatic carbocycles. The molecule has 1 amide bonds. The van der Waals surface area contributed by atoms with E-state index in [9.17, 15) is 9.90 Å². The summed E-state index contributed by atoms with van der Waals surface area (Å²) in [6, 6.07) is 0.0360. The number of hydrogen-bond acceptors (Lipinski definition) is 6. The zero-order valence-corrected chi connectivity index (χ0v) is 14.3. The van der Waals surface area contributed by atoms with E-state index in [0.717, 1.165) is 25.7 Å². The number of nitrogens with two attached hydrogens (primary N) is 1. The van der Waals surface area contributed by atoms with Crippen LogP contribution in [0.3, 0.4) is 0 Å². The van der Waals surface area contributed by atoms with E-state index < -0.39 is 0 Å². The van der Waals surface area contributed by atoms with Crippen LogP contribution in [-0.4, -0.2) is 33.1 Å². The number of aliphatic hydroxyl groups is 1. The molecule has 0 saturated heterocycles. The van der Waals surface area contributed by atoms with Gasteiger partial charge in [0.2, 0.25) is 0 Å². The molecule has 7 nitrogen and oxygen atoms in total. The Hall–Kier alpha value is -2.15. The first-order chi connectivity index (χ1) is 11.5. The minimum atomic E-state index is -0.314. The lowest BCUT2D eigenvalue weighted by molar-refractivity contribution is 0.0926. The third-order valence-corrected chi connectivity index (χ3v) is 4.14. The van der Waals surface area contributed by atoms with E-state index in [1.165, 1.54) is 0 Å². The number of nitrogens with zero attached hydrogens (tertiary/aromatic N) is 2. The summed E-state index contributed by atoms with van der Waals surface area (Å²) in [5.41, 5.74) is 7.28. The normalized spacial score (nSPS) is 21.5. The van der Waals surface area contributed by atoms with Crippen LogP contribution in [0.5, 0.6) is 0 Å². The Morgan fingerprint density at radius 1 is 1.38 bits per heavy atom. The third-order valence-electron chi connectivity index (χ3n) is 4.14. The Bertz CT molecular complexity index is 604. The molecule has 1 aliphatic carbocycles. The lowest BCUT2D eigenvalue weighted by atomic mass is 10.1. The van der Waals surface area contributed by atoms with E-state index in [1.807, 2.05) is 6.92 Å². The van der Waals surface area contributed by atoms with E-state index in [0.29, 0.717) is 17.8 Å². The summed E-state index contributed by atoms with van der Waals surface area (Å²) in [5, 5.41) is 12.6. The van der Waals surface area contributed by atoms with Gasteiger partial charge in [-0.1, -0.05) is 6.08 Å². The summed E-state index contributed by atoms with van der Waals surface area (Å²) in [6.45, 7) is 3.89. The van der Waals surface area contributed by atoms with Crippen molar-refractivity contribution in [3.05, 3.63) is 29.4 Å². The lowest BCUT2D eigenvalue weighted by Crippen LogP contribution is -2.36. The van der Waals surface area contributed by atoms with Gasteiger partial charge >= 0.3 is 0 Å². The van der Waals surface area contributed by atoms with Crippen molar-refractivity contribution in [3.63, 3.8) is 0 Å². The molecule has 0 spiro atoms. The SMILES string of the molecule is C/C=C\OCc1nc(N)c(C(=O)NC2CCCC(O)CC2)nc1C. The molecule has 1 aromatic heterocycles. The van der Waals surface area contributed by atoms with Gasteiger partial charge in [0.1, 0.15) is 12.3 Å². The summed E-state index contributed by atoms with van der Waals surface area (Å²) in [6.07, 6.45) is 7.07. The van der Waals surface area contributed by atoms with Gasteiger partial charge in [0, 0.05) is 6.04 Å². The van der Waals surface area contributed by atoms with Crippen molar-refractivity contribution in [2.75, 3.05) is 5.73 Å². The van der Waals surface area contributed by atoms with Gasteiger partial charge in [-0.25, -0.2) is 9.97 Å². The second-order valence-corrected chi connectivity index (χ2v) is 6.10. The van der Waals surface area contributed by atoms with Crippen LogP contribution in [0.1, 0.15) is 60.9 Å². The molecule has 0 radical (unpaired) electrons. The van der Waals surface area contributed by atoms with Crippen molar-refractivity contribution < 1.29 is 14.6 Å². The fourth-order valence-electron chi connectivity index (χ4n) is 2.78. The minimum absolute atomic E-state index is 0.0360. The highest BCUT2D eigenvalue weighted by molar-refractivity contribution is 5.96. The molecule has 0 bridgehead atoms. The maximum atomic E-state index is 12.5. The average molecular weight is 334 g/mol. The molecule has 1 aromatic rings. The number of nitrogens with one attached hydrogen (secondary N) is 1. The number of carbonyl (C=O) groups excluding carboxylic acids is 1. The number of aryl methyl sites for hydroxylation is 1. The third kappa shape index (κ3) is 4.92. The highest BCUT2D eigenvalue weighted by atomic mass is 16.5. The summed E-state index contributed by atoms with van der Waals surface area (Å²) < 4.78 is 5.29. The van der Waals surface area contributed by atoms with Crippen LogP contribution >= 0.6 is 0 Å². The number of rotatable bonds is 5. The molecule has 0 aliphatic heterocycles. The standard InChI is InChI=1S/C17H26N4O3/c1-3-9-24-10-14-11(2)19-15(16(18)21-14)17(23)20-12-5-4-6-13(22)8-7-12/h3,9,12-13,22H,4-8,10H2,1-2H3,(H2,18,21)(H,20,23)/b9-3-. The minimum Gasteiger partial charge on any atom is -0.495 e. The second-order valence-electron chi connectivity index (χ2n) is 6.10.